The fraction of sp³-hybridized carbons (Fsp3) is 0.600. The maximum absolute atomic E-state index is 11.2. The van der Waals surface area contributed by atoms with Crippen LogP contribution in [-0.2, 0) is 9.53 Å². The van der Waals surface area contributed by atoms with Gasteiger partial charge in [0.2, 0.25) is 0 Å². The molecular weight excluding hydrogens is 230 g/mol. The molecular formula is C10H15NO2S2. The largest absolute Gasteiger partial charge is 0.466 e. The number of ether oxygens (including phenoxy) is 1. The van der Waals surface area contributed by atoms with Gasteiger partial charge in [-0.25, -0.2) is 4.98 Å². The smallest absolute Gasteiger partial charge is 0.306 e. The van der Waals surface area contributed by atoms with Crippen molar-refractivity contribution < 1.29 is 9.53 Å². The molecule has 84 valence electrons. The summed E-state index contributed by atoms with van der Waals surface area (Å²) in [6.45, 7) is 6.25. The molecule has 0 amide bonds. The van der Waals surface area contributed by atoms with Crippen molar-refractivity contribution in [2.45, 2.75) is 36.8 Å². The molecule has 1 aromatic heterocycles. The zero-order valence-corrected chi connectivity index (χ0v) is 10.8. The summed E-state index contributed by atoms with van der Waals surface area (Å²) in [5.74, 6) is -0.134. The monoisotopic (exact) mass is 245 g/mol. The van der Waals surface area contributed by atoms with Crippen LogP contribution in [0.2, 0.25) is 0 Å². The topological polar surface area (TPSA) is 39.2 Å². The van der Waals surface area contributed by atoms with Crippen LogP contribution >= 0.6 is 23.1 Å². The van der Waals surface area contributed by atoms with Gasteiger partial charge in [-0.05, 0) is 13.8 Å². The molecule has 1 heterocycles. The Bertz CT molecular complexity index is 325. The molecule has 0 N–H and O–H groups in total. The first-order chi connectivity index (χ1) is 7.11. The Balaban J connectivity index is 2.35. The number of thiazole rings is 1. The molecule has 1 unspecified atom stereocenters. The van der Waals surface area contributed by atoms with E-state index in [0.717, 1.165) is 10.0 Å². The van der Waals surface area contributed by atoms with E-state index < -0.39 is 0 Å². The number of carbonyl (C=O) groups excluding carboxylic acids is 1. The van der Waals surface area contributed by atoms with E-state index in [1.165, 1.54) is 0 Å². The zero-order chi connectivity index (χ0) is 11.3. The number of thioether (sulfide) groups is 1. The highest BCUT2D eigenvalue weighted by atomic mass is 32.2. The van der Waals surface area contributed by atoms with E-state index in [1.807, 2.05) is 26.2 Å². The number of carbonyl (C=O) groups is 1. The van der Waals surface area contributed by atoms with Crippen molar-refractivity contribution >= 4 is 29.1 Å². The minimum absolute atomic E-state index is 0.134. The molecule has 15 heavy (non-hydrogen) atoms. The minimum atomic E-state index is -0.134. The average molecular weight is 245 g/mol. The molecule has 0 fully saturated rings. The molecule has 0 aliphatic rings. The summed E-state index contributed by atoms with van der Waals surface area (Å²) in [6.07, 6.45) is 0.442. The van der Waals surface area contributed by atoms with Gasteiger partial charge >= 0.3 is 5.97 Å². The van der Waals surface area contributed by atoms with Gasteiger partial charge in [0.05, 0.1) is 13.0 Å². The predicted molar refractivity (Wildman–Crippen MR) is 63.4 cm³/mol. The number of hydrogen-bond donors (Lipinski definition) is 0. The minimum Gasteiger partial charge on any atom is -0.466 e. The lowest BCUT2D eigenvalue weighted by Crippen LogP contribution is -2.10. The van der Waals surface area contributed by atoms with Crippen molar-refractivity contribution in [3.05, 3.63) is 11.1 Å². The lowest BCUT2D eigenvalue weighted by Gasteiger charge is -2.07. The Morgan fingerprint density at radius 2 is 2.47 bits per heavy atom. The number of rotatable bonds is 5. The maximum Gasteiger partial charge on any atom is 0.306 e. The molecule has 1 atom stereocenters. The summed E-state index contributed by atoms with van der Waals surface area (Å²) >= 11 is 3.24. The van der Waals surface area contributed by atoms with Crippen LogP contribution in [0.15, 0.2) is 9.72 Å². The van der Waals surface area contributed by atoms with Crippen molar-refractivity contribution in [1.82, 2.24) is 4.98 Å². The van der Waals surface area contributed by atoms with Crippen molar-refractivity contribution in [3.8, 4) is 0 Å². The van der Waals surface area contributed by atoms with Crippen molar-refractivity contribution in [2.24, 2.45) is 0 Å². The normalized spacial score (nSPS) is 12.5. The van der Waals surface area contributed by atoms with Crippen LogP contribution in [0.5, 0.6) is 0 Å². The Hall–Kier alpha value is -0.550. The van der Waals surface area contributed by atoms with Crippen LogP contribution in [-0.4, -0.2) is 22.8 Å². The Morgan fingerprint density at radius 1 is 1.73 bits per heavy atom. The molecule has 1 rings (SSSR count). The van der Waals surface area contributed by atoms with Gasteiger partial charge in [0.1, 0.15) is 4.34 Å². The van der Waals surface area contributed by atoms with Crippen LogP contribution in [0, 0.1) is 6.92 Å². The summed E-state index contributed by atoms with van der Waals surface area (Å²) in [7, 11) is 0. The molecule has 3 nitrogen and oxygen atoms in total. The summed E-state index contributed by atoms with van der Waals surface area (Å²) in [6, 6.07) is 0. The molecule has 0 aromatic carbocycles. The molecule has 0 aliphatic carbocycles. The van der Waals surface area contributed by atoms with Crippen LogP contribution < -0.4 is 0 Å². The predicted octanol–water partition coefficient (Wildman–Crippen LogP) is 2.89. The van der Waals surface area contributed by atoms with Gasteiger partial charge in [0.15, 0.2) is 0 Å². The maximum atomic E-state index is 11.2. The summed E-state index contributed by atoms with van der Waals surface area (Å²) in [5.41, 5.74) is 1.03. The van der Waals surface area contributed by atoms with E-state index in [9.17, 15) is 4.79 Å². The lowest BCUT2D eigenvalue weighted by atomic mass is 10.3. The van der Waals surface area contributed by atoms with Crippen LogP contribution in [0.3, 0.4) is 0 Å². The van der Waals surface area contributed by atoms with Gasteiger partial charge in [-0.1, -0.05) is 18.7 Å². The summed E-state index contributed by atoms with van der Waals surface area (Å²) in [4.78, 5) is 15.5. The number of aryl methyl sites for hydroxylation is 1. The number of aromatic nitrogens is 1. The Morgan fingerprint density at radius 3 is 3.00 bits per heavy atom. The standard InChI is InChI=1S/C10H15NO2S2/c1-4-13-9(12)5-8(3)15-10-11-7(2)6-14-10/h6,8H,4-5H2,1-3H3. The third kappa shape index (κ3) is 4.66. The van der Waals surface area contributed by atoms with E-state index >= 15 is 0 Å². The fourth-order valence-electron chi connectivity index (χ4n) is 1.05. The second-order valence-electron chi connectivity index (χ2n) is 3.19. The molecule has 0 saturated carbocycles. The molecule has 5 heteroatoms. The Kier molecular flexibility index (Phi) is 5.11. The lowest BCUT2D eigenvalue weighted by molar-refractivity contribution is -0.142. The fourth-order valence-corrected chi connectivity index (χ4v) is 3.20. The third-order valence-electron chi connectivity index (χ3n) is 1.66. The van der Waals surface area contributed by atoms with Crippen LogP contribution in [0.25, 0.3) is 0 Å². The van der Waals surface area contributed by atoms with E-state index in [-0.39, 0.29) is 11.2 Å². The van der Waals surface area contributed by atoms with Crippen LogP contribution in [0.4, 0.5) is 0 Å². The Labute approximate surface area is 98.2 Å². The first-order valence-corrected chi connectivity index (χ1v) is 6.62. The van der Waals surface area contributed by atoms with Gasteiger partial charge < -0.3 is 4.74 Å². The molecule has 0 aliphatic heterocycles. The molecule has 1 aromatic rings. The van der Waals surface area contributed by atoms with Crippen molar-refractivity contribution in [2.75, 3.05) is 6.61 Å². The summed E-state index contributed by atoms with van der Waals surface area (Å²) in [5, 5.41) is 2.23. The van der Waals surface area contributed by atoms with Crippen molar-refractivity contribution in [3.63, 3.8) is 0 Å². The average Bonchev–Trinajstić information content (AvgIpc) is 2.51. The number of nitrogens with zero attached hydrogens (tertiary/aromatic N) is 1. The van der Waals surface area contributed by atoms with E-state index in [4.69, 9.17) is 4.74 Å². The van der Waals surface area contributed by atoms with Gasteiger partial charge in [-0.15, -0.1) is 11.3 Å². The molecule has 0 bridgehead atoms. The van der Waals surface area contributed by atoms with E-state index in [0.29, 0.717) is 13.0 Å². The second-order valence-corrected chi connectivity index (χ2v) is 5.74. The first-order valence-electron chi connectivity index (χ1n) is 4.86. The van der Waals surface area contributed by atoms with Gasteiger partial charge in [0, 0.05) is 16.3 Å². The van der Waals surface area contributed by atoms with Crippen molar-refractivity contribution in [1.29, 1.82) is 0 Å². The molecule has 0 radical (unpaired) electrons. The zero-order valence-electron chi connectivity index (χ0n) is 9.15. The number of esters is 1. The quantitative estimate of drug-likeness (QED) is 0.590. The third-order valence-corrected chi connectivity index (χ3v) is 3.85. The SMILES string of the molecule is CCOC(=O)CC(C)Sc1nc(C)cs1. The first kappa shape index (κ1) is 12.5. The molecule has 0 spiro atoms. The van der Waals surface area contributed by atoms with Crippen LogP contribution in [0.1, 0.15) is 26.0 Å². The molecule has 0 saturated heterocycles. The highest BCUT2D eigenvalue weighted by Gasteiger charge is 2.12. The number of hydrogen-bond acceptors (Lipinski definition) is 5. The van der Waals surface area contributed by atoms with Gasteiger partial charge in [-0.3, -0.25) is 4.79 Å². The highest BCUT2D eigenvalue weighted by molar-refractivity contribution is 8.01. The van der Waals surface area contributed by atoms with E-state index in [1.54, 1.807) is 23.1 Å². The summed E-state index contributed by atoms with van der Waals surface area (Å²) < 4.78 is 5.90. The van der Waals surface area contributed by atoms with E-state index in [2.05, 4.69) is 4.98 Å². The van der Waals surface area contributed by atoms with Gasteiger partial charge in [-0.2, -0.15) is 0 Å². The van der Waals surface area contributed by atoms with Gasteiger partial charge in [0.25, 0.3) is 0 Å². The second kappa shape index (κ2) is 6.12. The highest BCUT2D eigenvalue weighted by Crippen LogP contribution is 2.28.